The van der Waals surface area contributed by atoms with Gasteiger partial charge in [-0.1, -0.05) is 18.5 Å². The van der Waals surface area contributed by atoms with Crippen molar-refractivity contribution in [1.82, 2.24) is 5.32 Å². The number of hydrogen-bond acceptors (Lipinski definition) is 1. The summed E-state index contributed by atoms with van der Waals surface area (Å²) in [5.41, 5.74) is 6.14. The first-order valence-electron chi connectivity index (χ1n) is 6.51. The summed E-state index contributed by atoms with van der Waals surface area (Å²) in [6.07, 6.45) is 3.72. The second kappa shape index (κ2) is 5.05. The van der Waals surface area contributed by atoms with Crippen molar-refractivity contribution in [1.29, 1.82) is 0 Å². The van der Waals surface area contributed by atoms with Gasteiger partial charge in [-0.2, -0.15) is 0 Å². The van der Waals surface area contributed by atoms with Gasteiger partial charge in [0.25, 0.3) is 0 Å². The van der Waals surface area contributed by atoms with Gasteiger partial charge in [0.2, 0.25) is 0 Å². The summed E-state index contributed by atoms with van der Waals surface area (Å²) in [6.45, 7) is 6.98. The third-order valence-corrected chi connectivity index (χ3v) is 3.91. The SMILES string of the molecule is BCCc1ccc(CC2CNC2)c(C)c1C. The van der Waals surface area contributed by atoms with Crippen LogP contribution in [0.15, 0.2) is 12.1 Å². The molecule has 86 valence electrons. The minimum absolute atomic E-state index is 0.870. The van der Waals surface area contributed by atoms with Crippen LogP contribution in [0, 0.1) is 19.8 Å². The predicted molar refractivity (Wildman–Crippen MR) is 73.0 cm³/mol. The largest absolute Gasteiger partial charge is 0.316 e. The Morgan fingerprint density at radius 1 is 1.19 bits per heavy atom. The molecule has 1 N–H and O–H groups in total. The van der Waals surface area contributed by atoms with E-state index < -0.39 is 0 Å². The molecule has 2 heteroatoms. The quantitative estimate of drug-likeness (QED) is 0.753. The van der Waals surface area contributed by atoms with Crippen LogP contribution in [0.25, 0.3) is 0 Å². The molecule has 1 fully saturated rings. The van der Waals surface area contributed by atoms with Gasteiger partial charge in [0.05, 0.1) is 0 Å². The second-order valence-electron chi connectivity index (χ2n) is 5.11. The van der Waals surface area contributed by atoms with Crippen LogP contribution in [0.3, 0.4) is 0 Å². The second-order valence-corrected chi connectivity index (χ2v) is 5.11. The summed E-state index contributed by atoms with van der Waals surface area (Å²) in [5.74, 6) is 0.870. The maximum atomic E-state index is 3.35. The molecule has 0 saturated carbocycles. The van der Waals surface area contributed by atoms with Crippen molar-refractivity contribution in [3.63, 3.8) is 0 Å². The van der Waals surface area contributed by atoms with Crippen LogP contribution in [0.1, 0.15) is 22.3 Å². The molecule has 0 aliphatic carbocycles. The van der Waals surface area contributed by atoms with E-state index in [1.165, 1.54) is 48.9 Å². The molecule has 0 unspecified atom stereocenters. The summed E-state index contributed by atoms with van der Waals surface area (Å²) < 4.78 is 0. The minimum atomic E-state index is 0.870. The Kier molecular flexibility index (Phi) is 3.70. The van der Waals surface area contributed by atoms with E-state index in [4.69, 9.17) is 0 Å². The Morgan fingerprint density at radius 2 is 1.81 bits per heavy atom. The monoisotopic (exact) mass is 215 g/mol. The molecule has 16 heavy (non-hydrogen) atoms. The van der Waals surface area contributed by atoms with Crippen molar-refractivity contribution in [2.45, 2.75) is 33.0 Å². The van der Waals surface area contributed by atoms with Crippen LogP contribution < -0.4 is 5.32 Å². The lowest BCUT2D eigenvalue weighted by molar-refractivity contribution is 0.346. The molecule has 1 aromatic rings. The van der Waals surface area contributed by atoms with Gasteiger partial charge in [-0.3, -0.25) is 0 Å². The fourth-order valence-corrected chi connectivity index (χ4v) is 2.50. The van der Waals surface area contributed by atoms with Crippen molar-refractivity contribution in [3.8, 4) is 0 Å². The Hall–Kier alpha value is -0.755. The Balaban J connectivity index is 2.16. The molecule has 0 spiro atoms. The van der Waals surface area contributed by atoms with E-state index in [1.54, 1.807) is 5.56 Å². The van der Waals surface area contributed by atoms with Crippen LogP contribution in [0.5, 0.6) is 0 Å². The van der Waals surface area contributed by atoms with E-state index in [9.17, 15) is 0 Å². The average Bonchev–Trinajstić information content (AvgIpc) is 2.21. The Labute approximate surface area is 100 Å². The standard InChI is InChI=1S/C14H22BN/c1-10-11(2)14(7-12-8-16-9-12)4-3-13(10)5-6-15/h3-4,12,16H,5-9,15H2,1-2H3. The Bertz CT molecular complexity index is 369. The van der Waals surface area contributed by atoms with Crippen molar-refractivity contribution in [2.75, 3.05) is 13.1 Å². The molecular formula is C14H22BN. The van der Waals surface area contributed by atoms with Crippen LogP contribution in [0.4, 0.5) is 0 Å². The molecule has 1 heterocycles. The molecule has 0 amide bonds. The molecule has 1 aliphatic rings. The summed E-state index contributed by atoms with van der Waals surface area (Å²) in [4.78, 5) is 0. The van der Waals surface area contributed by atoms with E-state index in [1.807, 2.05) is 0 Å². The molecule has 1 nitrogen and oxygen atoms in total. The maximum absolute atomic E-state index is 3.35. The van der Waals surface area contributed by atoms with Crippen LogP contribution >= 0.6 is 0 Å². The van der Waals surface area contributed by atoms with Crippen LogP contribution in [0.2, 0.25) is 6.32 Å². The third-order valence-electron chi connectivity index (χ3n) is 3.91. The highest BCUT2D eigenvalue weighted by Crippen LogP contribution is 2.22. The fourth-order valence-electron chi connectivity index (χ4n) is 2.50. The first-order chi connectivity index (χ1) is 7.72. The lowest BCUT2D eigenvalue weighted by Crippen LogP contribution is -2.43. The highest BCUT2D eigenvalue weighted by atomic mass is 14.9. The Morgan fingerprint density at radius 3 is 2.38 bits per heavy atom. The van der Waals surface area contributed by atoms with Crippen molar-refractivity contribution in [2.24, 2.45) is 5.92 Å². The van der Waals surface area contributed by atoms with E-state index in [0.717, 1.165) is 5.92 Å². The van der Waals surface area contributed by atoms with Gasteiger partial charge in [-0.05, 0) is 68.0 Å². The van der Waals surface area contributed by atoms with Gasteiger partial charge < -0.3 is 5.32 Å². The summed E-state index contributed by atoms with van der Waals surface area (Å²) >= 11 is 0. The van der Waals surface area contributed by atoms with Gasteiger partial charge in [0.15, 0.2) is 0 Å². The van der Waals surface area contributed by atoms with Gasteiger partial charge >= 0.3 is 0 Å². The zero-order valence-electron chi connectivity index (χ0n) is 10.8. The van der Waals surface area contributed by atoms with Gasteiger partial charge in [0, 0.05) is 0 Å². The lowest BCUT2D eigenvalue weighted by atomic mass is 9.87. The molecule has 0 radical (unpaired) electrons. The summed E-state index contributed by atoms with van der Waals surface area (Å²) in [5, 5.41) is 3.35. The van der Waals surface area contributed by atoms with Crippen LogP contribution in [-0.2, 0) is 12.8 Å². The number of benzene rings is 1. The zero-order chi connectivity index (χ0) is 11.5. The number of rotatable bonds is 4. The first kappa shape index (κ1) is 11.7. The smallest absolute Gasteiger partial charge is 0.101 e. The number of aryl methyl sites for hydroxylation is 1. The first-order valence-corrected chi connectivity index (χ1v) is 6.51. The lowest BCUT2D eigenvalue weighted by Gasteiger charge is -2.28. The fraction of sp³-hybridized carbons (Fsp3) is 0.571. The van der Waals surface area contributed by atoms with E-state index in [0.29, 0.717) is 0 Å². The molecule has 0 atom stereocenters. The summed E-state index contributed by atoms with van der Waals surface area (Å²) in [7, 11) is 2.25. The van der Waals surface area contributed by atoms with Gasteiger partial charge in [0.1, 0.15) is 7.85 Å². The van der Waals surface area contributed by atoms with Crippen LogP contribution in [-0.4, -0.2) is 20.9 Å². The third kappa shape index (κ3) is 2.32. The van der Waals surface area contributed by atoms with Crippen molar-refractivity contribution in [3.05, 3.63) is 34.4 Å². The van der Waals surface area contributed by atoms with Gasteiger partial charge in [-0.25, -0.2) is 0 Å². The molecule has 0 aromatic heterocycles. The highest BCUT2D eigenvalue weighted by molar-refractivity contribution is 6.08. The van der Waals surface area contributed by atoms with Crippen molar-refractivity contribution < 1.29 is 0 Å². The average molecular weight is 215 g/mol. The topological polar surface area (TPSA) is 12.0 Å². The number of hydrogen-bond donors (Lipinski definition) is 1. The predicted octanol–water partition coefficient (Wildman–Crippen LogP) is 1.66. The molecule has 0 bridgehead atoms. The summed E-state index contributed by atoms with van der Waals surface area (Å²) in [6, 6.07) is 4.69. The zero-order valence-corrected chi connectivity index (χ0v) is 10.8. The minimum Gasteiger partial charge on any atom is -0.316 e. The molecular weight excluding hydrogens is 193 g/mol. The maximum Gasteiger partial charge on any atom is 0.101 e. The molecule has 1 saturated heterocycles. The van der Waals surface area contributed by atoms with Gasteiger partial charge in [-0.15, -0.1) is 0 Å². The van der Waals surface area contributed by atoms with E-state index in [2.05, 4.69) is 39.1 Å². The molecule has 2 rings (SSSR count). The normalized spacial score (nSPS) is 16.1. The van der Waals surface area contributed by atoms with E-state index >= 15 is 0 Å². The van der Waals surface area contributed by atoms with E-state index in [-0.39, 0.29) is 0 Å². The molecule has 1 aliphatic heterocycles. The highest BCUT2D eigenvalue weighted by Gasteiger charge is 2.18. The van der Waals surface area contributed by atoms with Crippen molar-refractivity contribution >= 4 is 7.85 Å². The molecule has 1 aromatic carbocycles. The number of nitrogens with one attached hydrogen (secondary N) is 1.